The van der Waals surface area contributed by atoms with Crippen molar-refractivity contribution in [2.75, 3.05) is 44.4 Å². The molecule has 1 aliphatic heterocycles. The summed E-state index contributed by atoms with van der Waals surface area (Å²) in [6, 6.07) is 4.37. The van der Waals surface area contributed by atoms with Crippen molar-refractivity contribution < 1.29 is 13.5 Å². The number of hydrogen-bond donors (Lipinski definition) is 1. The van der Waals surface area contributed by atoms with E-state index < -0.39 is 6.67 Å². The summed E-state index contributed by atoms with van der Waals surface area (Å²) in [5.41, 5.74) is 0.715. The summed E-state index contributed by atoms with van der Waals surface area (Å²) < 4.78 is 30.9. The topological polar surface area (TPSA) is 24.5 Å². The minimum absolute atomic E-state index is 0.00468. The third kappa shape index (κ3) is 3.32. The molecule has 0 saturated carbocycles. The van der Waals surface area contributed by atoms with Crippen LogP contribution in [0.1, 0.15) is 6.42 Å². The molecule has 0 amide bonds. The van der Waals surface area contributed by atoms with Crippen LogP contribution in [0.3, 0.4) is 0 Å². The average Bonchev–Trinajstić information content (AvgIpc) is 2.66. The van der Waals surface area contributed by atoms with Crippen molar-refractivity contribution in [1.82, 2.24) is 5.32 Å². The van der Waals surface area contributed by atoms with E-state index in [1.165, 1.54) is 12.1 Å². The van der Waals surface area contributed by atoms with Gasteiger partial charge in [0.25, 0.3) is 0 Å². The number of ether oxygens (including phenoxy) is 1. The van der Waals surface area contributed by atoms with Gasteiger partial charge in [-0.15, -0.1) is 0 Å². The van der Waals surface area contributed by atoms with Gasteiger partial charge in [-0.1, -0.05) is 0 Å². The number of nitrogens with one attached hydrogen (secondary N) is 1. The fourth-order valence-corrected chi connectivity index (χ4v) is 2.09. The van der Waals surface area contributed by atoms with Crippen molar-refractivity contribution in [1.29, 1.82) is 0 Å². The van der Waals surface area contributed by atoms with E-state index in [9.17, 15) is 8.78 Å². The summed E-state index contributed by atoms with van der Waals surface area (Å²) in [5, 5.41) is 3.29. The van der Waals surface area contributed by atoms with Crippen molar-refractivity contribution >= 4 is 5.69 Å². The van der Waals surface area contributed by atoms with Gasteiger partial charge in [0, 0.05) is 25.7 Å². The molecule has 0 unspecified atom stereocenters. The Balaban J connectivity index is 2.19. The first-order valence-corrected chi connectivity index (χ1v) is 6.25. The smallest absolute Gasteiger partial charge is 0.142 e. The molecule has 2 rings (SSSR count). The molecule has 1 saturated heterocycles. The number of benzene rings is 1. The third-order valence-corrected chi connectivity index (χ3v) is 2.94. The molecule has 0 aromatic heterocycles. The zero-order valence-electron chi connectivity index (χ0n) is 10.3. The van der Waals surface area contributed by atoms with Gasteiger partial charge in [0.2, 0.25) is 0 Å². The molecule has 0 aliphatic carbocycles. The maximum absolute atomic E-state index is 13.4. The molecular formula is C13H18F2N2O. The van der Waals surface area contributed by atoms with Crippen LogP contribution >= 0.6 is 0 Å². The van der Waals surface area contributed by atoms with E-state index in [0.717, 1.165) is 32.6 Å². The Hall–Kier alpha value is -1.36. The molecule has 0 spiro atoms. The highest BCUT2D eigenvalue weighted by molar-refractivity contribution is 5.58. The van der Waals surface area contributed by atoms with Crippen LogP contribution in [0.4, 0.5) is 14.5 Å². The largest absolute Gasteiger partial charge is 0.489 e. The standard InChI is InChI=1S/C13H18F2N2O/c14-4-9-18-13-3-2-11(15)10-12(13)17-7-1-5-16-6-8-17/h2-3,10,16H,1,4-9H2. The Kier molecular flexibility index (Phi) is 4.75. The van der Waals surface area contributed by atoms with E-state index in [4.69, 9.17) is 4.74 Å². The van der Waals surface area contributed by atoms with Crippen LogP contribution in [0.25, 0.3) is 0 Å². The molecule has 1 heterocycles. The van der Waals surface area contributed by atoms with E-state index in [-0.39, 0.29) is 12.4 Å². The molecule has 0 bridgehead atoms. The normalized spacial score (nSPS) is 16.4. The fraction of sp³-hybridized carbons (Fsp3) is 0.538. The molecule has 1 aromatic rings. The summed E-state index contributed by atoms with van der Waals surface area (Å²) >= 11 is 0. The predicted molar refractivity (Wildman–Crippen MR) is 67.6 cm³/mol. The Morgan fingerprint density at radius 3 is 3.00 bits per heavy atom. The van der Waals surface area contributed by atoms with Gasteiger partial charge >= 0.3 is 0 Å². The number of alkyl halides is 1. The Morgan fingerprint density at radius 2 is 2.17 bits per heavy atom. The molecule has 3 nitrogen and oxygen atoms in total. The number of halogens is 2. The Labute approximate surface area is 106 Å². The van der Waals surface area contributed by atoms with Gasteiger partial charge in [0.1, 0.15) is 24.8 Å². The summed E-state index contributed by atoms with van der Waals surface area (Å²) in [6.07, 6.45) is 0.999. The van der Waals surface area contributed by atoms with E-state index in [1.807, 2.05) is 0 Å². The highest BCUT2D eigenvalue weighted by Crippen LogP contribution is 2.29. The zero-order chi connectivity index (χ0) is 12.8. The second-order valence-corrected chi connectivity index (χ2v) is 4.24. The number of nitrogens with zero attached hydrogens (tertiary/aromatic N) is 1. The molecule has 100 valence electrons. The summed E-state index contributed by atoms with van der Waals surface area (Å²) in [7, 11) is 0. The third-order valence-electron chi connectivity index (χ3n) is 2.94. The van der Waals surface area contributed by atoms with Gasteiger partial charge < -0.3 is 15.0 Å². The zero-order valence-corrected chi connectivity index (χ0v) is 10.3. The minimum atomic E-state index is -0.543. The van der Waals surface area contributed by atoms with E-state index in [0.29, 0.717) is 11.4 Å². The van der Waals surface area contributed by atoms with Gasteiger partial charge in [0.05, 0.1) is 5.69 Å². The summed E-state index contributed by atoms with van der Waals surface area (Å²) in [5.74, 6) is 0.255. The van der Waals surface area contributed by atoms with Crippen molar-refractivity contribution in [3.05, 3.63) is 24.0 Å². The van der Waals surface area contributed by atoms with Crippen LogP contribution in [-0.4, -0.2) is 39.5 Å². The molecule has 1 N–H and O–H groups in total. The lowest BCUT2D eigenvalue weighted by molar-refractivity contribution is 0.273. The summed E-state index contributed by atoms with van der Waals surface area (Å²) in [6.45, 7) is 2.94. The Morgan fingerprint density at radius 1 is 1.28 bits per heavy atom. The molecule has 5 heteroatoms. The van der Waals surface area contributed by atoms with E-state index in [2.05, 4.69) is 10.2 Å². The first-order chi connectivity index (χ1) is 8.81. The number of hydrogen-bond acceptors (Lipinski definition) is 3. The Bertz CT molecular complexity index is 379. The lowest BCUT2D eigenvalue weighted by Crippen LogP contribution is -2.28. The van der Waals surface area contributed by atoms with Gasteiger partial charge in [-0.3, -0.25) is 0 Å². The maximum Gasteiger partial charge on any atom is 0.142 e. The van der Waals surface area contributed by atoms with Crippen LogP contribution < -0.4 is 15.0 Å². The highest BCUT2D eigenvalue weighted by Gasteiger charge is 2.15. The lowest BCUT2D eigenvalue weighted by Gasteiger charge is -2.24. The van der Waals surface area contributed by atoms with Gasteiger partial charge in [-0.25, -0.2) is 8.78 Å². The first kappa shape index (κ1) is 13.1. The van der Waals surface area contributed by atoms with Crippen LogP contribution in [0, 0.1) is 5.82 Å². The number of anilines is 1. The minimum Gasteiger partial charge on any atom is -0.489 e. The van der Waals surface area contributed by atoms with Gasteiger partial charge in [-0.2, -0.15) is 0 Å². The molecule has 1 fully saturated rings. The SMILES string of the molecule is FCCOc1ccc(F)cc1N1CCCNCC1. The average molecular weight is 256 g/mol. The van der Waals surface area contributed by atoms with Crippen molar-refractivity contribution in [3.8, 4) is 5.75 Å². The predicted octanol–water partition coefficient (Wildman–Crippen LogP) is 1.97. The monoisotopic (exact) mass is 256 g/mol. The van der Waals surface area contributed by atoms with Crippen molar-refractivity contribution in [2.45, 2.75) is 6.42 Å². The summed E-state index contributed by atoms with van der Waals surface area (Å²) in [4.78, 5) is 2.08. The van der Waals surface area contributed by atoms with E-state index in [1.54, 1.807) is 6.07 Å². The van der Waals surface area contributed by atoms with Crippen molar-refractivity contribution in [2.24, 2.45) is 0 Å². The van der Waals surface area contributed by atoms with E-state index >= 15 is 0 Å². The second kappa shape index (κ2) is 6.54. The van der Waals surface area contributed by atoms with Crippen LogP contribution in [-0.2, 0) is 0 Å². The fourth-order valence-electron chi connectivity index (χ4n) is 2.09. The highest BCUT2D eigenvalue weighted by atomic mass is 19.1. The molecule has 1 aliphatic rings. The molecular weight excluding hydrogens is 238 g/mol. The van der Waals surface area contributed by atoms with Gasteiger partial charge in [-0.05, 0) is 25.1 Å². The van der Waals surface area contributed by atoms with Crippen LogP contribution in [0.5, 0.6) is 5.75 Å². The van der Waals surface area contributed by atoms with Crippen LogP contribution in [0.15, 0.2) is 18.2 Å². The lowest BCUT2D eigenvalue weighted by atomic mass is 10.2. The first-order valence-electron chi connectivity index (χ1n) is 6.25. The molecule has 0 radical (unpaired) electrons. The maximum atomic E-state index is 13.4. The van der Waals surface area contributed by atoms with Gasteiger partial charge in [0.15, 0.2) is 0 Å². The molecule has 1 aromatic carbocycles. The number of rotatable bonds is 4. The quantitative estimate of drug-likeness (QED) is 0.891. The molecule has 18 heavy (non-hydrogen) atoms. The van der Waals surface area contributed by atoms with Crippen molar-refractivity contribution in [3.63, 3.8) is 0 Å². The molecule has 0 atom stereocenters. The van der Waals surface area contributed by atoms with Crippen LogP contribution in [0.2, 0.25) is 0 Å². The second-order valence-electron chi connectivity index (χ2n) is 4.24.